The van der Waals surface area contributed by atoms with E-state index in [4.69, 9.17) is 15.2 Å². The number of guanidine groups is 1. The van der Waals surface area contributed by atoms with Crippen molar-refractivity contribution in [2.75, 3.05) is 11.9 Å². The number of ether oxygens (including phenoxy) is 2. The Balaban J connectivity index is 1.76. The number of anilines is 1. The molecule has 0 radical (unpaired) electrons. The molecule has 0 bridgehead atoms. The molecule has 1 unspecified atom stereocenters. The van der Waals surface area contributed by atoms with Crippen LogP contribution in [-0.2, 0) is 13.0 Å². The van der Waals surface area contributed by atoms with Gasteiger partial charge in [0.05, 0.1) is 13.2 Å². The van der Waals surface area contributed by atoms with Crippen LogP contribution in [0.3, 0.4) is 0 Å². The first-order chi connectivity index (χ1) is 11.7. The summed E-state index contributed by atoms with van der Waals surface area (Å²) in [7, 11) is 0. The zero-order chi connectivity index (χ0) is 16.9. The smallest absolute Gasteiger partial charge is 0.193 e. The molecule has 1 aliphatic heterocycles. The third-order valence-corrected chi connectivity index (χ3v) is 3.84. The van der Waals surface area contributed by atoms with Crippen LogP contribution in [0.2, 0.25) is 0 Å². The van der Waals surface area contributed by atoms with Gasteiger partial charge in [0.2, 0.25) is 0 Å². The molecule has 24 heavy (non-hydrogen) atoms. The standard InChI is InChI=1S/C19H23N3O2/c1-3-23-17-10-14-9-13(2)24-18(14)11-15(17)12-21-19(20)22-16-7-5-4-6-8-16/h4-8,10-11,13H,3,9,12H2,1-2H3,(H3,20,21,22). The maximum absolute atomic E-state index is 5.98. The average molecular weight is 325 g/mol. The SMILES string of the molecule is CCOc1cc2c(cc1CN=C(N)Nc1ccccc1)OC(C)C2. The fourth-order valence-corrected chi connectivity index (χ4v) is 2.77. The largest absolute Gasteiger partial charge is 0.494 e. The number of aliphatic imine (C=N–C) groups is 1. The molecule has 0 fully saturated rings. The second-order valence-electron chi connectivity index (χ2n) is 5.83. The molecule has 126 valence electrons. The van der Waals surface area contributed by atoms with E-state index in [1.807, 2.05) is 43.3 Å². The first-order valence-electron chi connectivity index (χ1n) is 8.23. The number of hydrogen-bond acceptors (Lipinski definition) is 3. The van der Waals surface area contributed by atoms with Crippen LogP contribution < -0.4 is 20.5 Å². The van der Waals surface area contributed by atoms with Crippen molar-refractivity contribution in [1.29, 1.82) is 0 Å². The molecular weight excluding hydrogens is 302 g/mol. The summed E-state index contributed by atoms with van der Waals surface area (Å²) in [6, 6.07) is 13.8. The zero-order valence-electron chi connectivity index (χ0n) is 14.1. The van der Waals surface area contributed by atoms with E-state index in [1.165, 1.54) is 5.56 Å². The average Bonchev–Trinajstić information content (AvgIpc) is 2.93. The van der Waals surface area contributed by atoms with E-state index in [2.05, 4.69) is 23.3 Å². The Morgan fingerprint density at radius 3 is 2.88 bits per heavy atom. The van der Waals surface area contributed by atoms with Gasteiger partial charge in [-0.2, -0.15) is 0 Å². The summed E-state index contributed by atoms with van der Waals surface area (Å²) in [5, 5.41) is 3.08. The summed E-state index contributed by atoms with van der Waals surface area (Å²) in [5.41, 5.74) is 9.05. The quantitative estimate of drug-likeness (QED) is 0.653. The van der Waals surface area contributed by atoms with Crippen LogP contribution in [0.15, 0.2) is 47.5 Å². The first-order valence-corrected chi connectivity index (χ1v) is 8.23. The van der Waals surface area contributed by atoms with E-state index in [9.17, 15) is 0 Å². The van der Waals surface area contributed by atoms with E-state index in [-0.39, 0.29) is 6.10 Å². The lowest BCUT2D eigenvalue weighted by molar-refractivity contribution is 0.254. The van der Waals surface area contributed by atoms with Gasteiger partial charge in [-0.15, -0.1) is 0 Å². The van der Waals surface area contributed by atoms with Crippen molar-refractivity contribution in [3.05, 3.63) is 53.6 Å². The van der Waals surface area contributed by atoms with E-state index < -0.39 is 0 Å². The minimum absolute atomic E-state index is 0.207. The molecule has 2 aromatic carbocycles. The van der Waals surface area contributed by atoms with Gasteiger partial charge in [0.15, 0.2) is 5.96 Å². The lowest BCUT2D eigenvalue weighted by Gasteiger charge is -2.12. The fraction of sp³-hybridized carbons (Fsp3) is 0.316. The van der Waals surface area contributed by atoms with Crippen LogP contribution in [0.5, 0.6) is 11.5 Å². The maximum Gasteiger partial charge on any atom is 0.193 e. The Kier molecular flexibility index (Phi) is 4.89. The molecule has 3 rings (SSSR count). The predicted octanol–water partition coefficient (Wildman–Crippen LogP) is 3.34. The summed E-state index contributed by atoms with van der Waals surface area (Å²) >= 11 is 0. The van der Waals surface area contributed by atoms with Crippen LogP contribution in [0.4, 0.5) is 5.69 Å². The Hall–Kier alpha value is -2.69. The Morgan fingerprint density at radius 1 is 1.33 bits per heavy atom. The van der Waals surface area contributed by atoms with Crippen molar-refractivity contribution in [3.63, 3.8) is 0 Å². The molecular formula is C19H23N3O2. The van der Waals surface area contributed by atoms with Crippen molar-refractivity contribution in [2.24, 2.45) is 10.7 Å². The molecule has 5 heteroatoms. The fourth-order valence-electron chi connectivity index (χ4n) is 2.77. The summed E-state index contributed by atoms with van der Waals surface area (Å²) < 4.78 is 11.6. The minimum Gasteiger partial charge on any atom is -0.494 e. The molecule has 0 saturated carbocycles. The van der Waals surface area contributed by atoms with Gasteiger partial charge in [-0.25, -0.2) is 4.99 Å². The molecule has 0 saturated heterocycles. The molecule has 3 N–H and O–H groups in total. The Labute approximate surface area is 142 Å². The molecule has 0 amide bonds. The van der Waals surface area contributed by atoms with Crippen molar-refractivity contribution in [3.8, 4) is 11.5 Å². The summed E-state index contributed by atoms with van der Waals surface area (Å²) in [5.74, 6) is 2.15. The Bertz CT molecular complexity index is 729. The van der Waals surface area contributed by atoms with Gasteiger partial charge < -0.3 is 20.5 Å². The van der Waals surface area contributed by atoms with Crippen molar-refractivity contribution < 1.29 is 9.47 Å². The van der Waals surface area contributed by atoms with Gasteiger partial charge in [0, 0.05) is 23.2 Å². The Morgan fingerprint density at radius 2 is 2.12 bits per heavy atom. The highest BCUT2D eigenvalue weighted by Crippen LogP contribution is 2.35. The van der Waals surface area contributed by atoms with Crippen LogP contribution in [0.25, 0.3) is 0 Å². The van der Waals surface area contributed by atoms with Crippen molar-refractivity contribution in [2.45, 2.75) is 32.9 Å². The normalized spacial score (nSPS) is 16.4. The van der Waals surface area contributed by atoms with Gasteiger partial charge in [-0.3, -0.25) is 0 Å². The predicted molar refractivity (Wildman–Crippen MR) is 96.8 cm³/mol. The minimum atomic E-state index is 0.207. The van der Waals surface area contributed by atoms with E-state index >= 15 is 0 Å². The molecule has 1 heterocycles. The molecule has 0 spiro atoms. The number of fused-ring (bicyclic) bond motifs is 1. The van der Waals surface area contributed by atoms with Gasteiger partial charge in [-0.05, 0) is 38.1 Å². The number of nitrogens with one attached hydrogen (secondary N) is 1. The van der Waals surface area contributed by atoms with Crippen LogP contribution in [-0.4, -0.2) is 18.7 Å². The number of nitrogens with zero attached hydrogens (tertiary/aromatic N) is 1. The number of nitrogens with two attached hydrogens (primary N) is 1. The maximum atomic E-state index is 5.98. The number of benzene rings is 2. The third kappa shape index (κ3) is 3.79. The highest BCUT2D eigenvalue weighted by atomic mass is 16.5. The first kappa shape index (κ1) is 16.2. The lowest BCUT2D eigenvalue weighted by atomic mass is 10.1. The van der Waals surface area contributed by atoms with Crippen LogP contribution in [0, 0.1) is 0 Å². The van der Waals surface area contributed by atoms with Crippen LogP contribution >= 0.6 is 0 Å². The molecule has 1 aliphatic rings. The van der Waals surface area contributed by atoms with E-state index in [1.54, 1.807) is 0 Å². The molecule has 0 aliphatic carbocycles. The number of hydrogen-bond donors (Lipinski definition) is 2. The monoisotopic (exact) mass is 325 g/mol. The lowest BCUT2D eigenvalue weighted by Crippen LogP contribution is -2.22. The topological polar surface area (TPSA) is 68.9 Å². The second kappa shape index (κ2) is 7.25. The highest BCUT2D eigenvalue weighted by molar-refractivity contribution is 5.92. The van der Waals surface area contributed by atoms with Gasteiger partial charge >= 0.3 is 0 Å². The van der Waals surface area contributed by atoms with Gasteiger partial charge in [0.25, 0.3) is 0 Å². The molecule has 1 atom stereocenters. The van der Waals surface area contributed by atoms with Crippen LogP contribution in [0.1, 0.15) is 25.0 Å². The molecule has 2 aromatic rings. The van der Waals surface area contributed by atoms with Gasteiger partial charge in [0.1, 0.15) is 17.6 Å². The summed E-state index contributed by atoms with van der Waals surface area (Å²) in [4.78, 5) is 4.42. The van der Waals surface area contributed by atoms with Crippen molar-refractivity contribution >= 4 is 11.6 Å². The van der Waals surface area contributed by atoms with Crippen molar-refractivity contribution in [1.82, 2.24) is 0 Å². The molecule has 0 aromatic heterocycles. The zero-order valence-corrected chi connectivity index (χ0v) is 14.1. The van der Waals surface area contributed by atoms with E-state index in [0.717, 1.165) is 29.2 Å². The highest BCUT2D eigenvalue weighted by Gasteiger charge is 2.21. The third-order valence-electron chi connectivity index (χ3n) is 3.84. The summed E-state index contributed by atoms with van der Waals surface area (Å²) in [6.45, 7) is 5.10. The second-order valence-corrected chi connectivity index (χ2v) is 5.83. The number of para-hydroxylation sites is 1. The summed E-state index contributed by atoms with van der Waals surface area (Å²) in [6.07, 6.45) is 1.12. The van der Waals surface area contributed by atoms with Gasteiger partial charge in [-0.1, -0.05) is 18.2 Å². The molecule has 5 nitrogen and oxygen atoms in total. The number of rotatable bonds is 5. The van der Waals surface area contributed by atoms with E-state index in [0.29, 0.717) is 19.1 Å².